The molecule has 0 aromatic heterocycles. The van der Waals surface area contributed by atoms with E-state index in [1.54, 1.807) is 6.08 Å². The second-order valence-electron chi connectivity index (χ2n) is 5.27. The third kappa shape index (κ3) is 4.22. The fourth-order valence-electron chi connectivity index (χ4n) is 2.44. The maximum atomic E-state index is 6.98. The summed E-state index contributed by atoms with van der Waals surface area (Å²) in [5.41, 5.74) is 4.42. The predicted octanol–water partition coefficient (Wildman–Crippen LogP) is 5.16. The van der Waals surface area contributed by atoms with Gasteiger partial charge in [0, 0.05) is 24.9 Å². The number of aryl methyl sites for hydroxylation is 1. The molecule has 0 N–H and O–H groups in total. The van der Waals surface area contributed by atoms with Gasteiger partial charge in [-0.15, -0.1) is 0 Å². The lowest BCUT2D eigenvalue weighted by molar-refractivity contribution is 0.831. The highest BCUT2D eigenvalue weighted by Crippen LogP contribution is 2.23. The van der Waals surface area contributed by atoms with Crippen molar-refractivity contribution >= 4 is 11.8 Å². The Balaban J connectivity index is 2.26. The van der Waals surface area contributed by atoms with Crippen LogP contribution in [0.5, 0.6) is 0 Å². The molecule has 0 unspecified atom stereocenters. The van der Waals surface area contributed by atoms with Crippen LogP contribution in [0, 0.1) is 20.1 Å². The molecule has 0 saturated heterocycles. The molecule has 3 heteroatoms. The van der Waals surface area contributed by atoms with Crippen molar-refractivity contribution in [3.63, 3.8) is 0 Å². The van der Waals surface area contributed by atoms with Crippen molar-refractivity contribution < 1.29 is 0 Å². The Bertz CT molecular complexity index is 761. The second kappa shape index (κ2) is 7.82. The molecule has 0 aliphatic carbocycles. The monoisotopic (exact) mass is 301 g/mol. The van der Waals surface area contributed by atoms with E-state index in [9.17, 15) is 0 Å². The number of benzene rings is 2. The molecule has 0 radical (unpaired) electrons. The summed E-state index contributed by atoms with van der Waals surface area (Å²) in [5, 5.41) is 0. The van der Waals surface area contributed by atoms with Crippen molar-refractivity contribution in [3.05, 3.63) is 93.9 Å². The fraction of sp³-hybridized carbons (Fsp3) is 0.200. The van der Waals surface area contributed by atoms with Crippen LogP contribution in [0.3, 0.4) is 0 Å². The Labute approximate surface area is 138 Å². The average Bonchev–Trinajstić information content (AvgIpc) is 2.59. The quantitative estimate of drug-likeness (QED) is 0.695. The van der Waals surface area contributed by atoms with Crippen LogP contribution in [0.2, 0.25) is 0 Å². The zero-order chi connectivity index (χ0) is 16.7. The smallest absolute Gasteiger partial charge is 0.367 e. The molecular formula is C20H19N3. The van der Waals surface area contributed by atoms with Gasteiger partial charge in [0.2, 0.25) is 0 Å². The lowest BCUT2D eigenvalue weighted by Crippen LogP contribution is -2.22. The summed E-state index contributed by atoms with van der Waals surface area (Å²) in [6.07, 6.45) is 1.65. The van der Waals surface area contributed by atoms with Crippen LogP contribution < -0.4 is 4.90 Å². The molecule has 23 heavy (non-hydrogen) atoms. The number of hydrogen-bond donors (Lipinski definition) is 0. The first kappa shape index (κ1) is 16.3. The summed E-state index contributed by atoms with van der Waals surface area (Å²) in [5.74, 6) is 0.0949. The zero-order valence-electron chi connectivity index (χ0n) is 13.5. The van der Waals surface area contributed by atoms with Gasteiger partial charge in [0.25, 0.3) is 0 Å². The standard InChI is InChI=1S/C20H19N3/c1-5-23(15-17-9-7-6-8-10-17)19-12-11-18(16(2)13-19)14-20(21-3)22-4/h6-14H,5,15H2,1-2H3. The van der Waals surface area contributed by atoms with Gasteiger partial charge in [0.05, 0.1) is 0 Å². The Hall–Kier alpha value is -3.04. The first-order valence-electron chi connectivity index (χ1n) is 7.54. The number of hydrogen-bond acceptors (Lipinski definition) is 1. The van der Waals surface area contributed by atoms with Crippen LogP contribution >= 0.6 is 0 Å². The van der Waals surface area contributed by atoms with Gasteiger partial charge in [-0.2, -0.15) is 9.69 Å². The van der Waals surface area contributed by atoms with Gasteiger partial charge in [-0.3, -0.25) is 0 Å². The summed E-state index contributed by atoms with van der Waals surface area (Å²) in [4.78, 5) is 8.74. The molecular weight excluding hydrogens is 282 g/mol. The molecule has 2 aromatic rings. The lowest BCUT2D eigenvalue weighted by atomic mass is 10.1. The third-order valence-electron chi connectivity index (χ3n) is 3.73. The van der Waals surface area contributed by atoms with E-state index in [2.05, 4.69) is 57.9 Å². The van der Waals surface area contributed by atoms with Gasteiger partial charge >= 0.3 is 5.82 Å². The summed E-state index contributed by atoms with van der Waals surface area (Å²) < 4.78 is 0. The van der Waals surface area contributed by atoms with Gasteiger partial charge < -0.3 is 4.90 Å². The van der Waals surface area contributed by atoms with E-state index in [4.69, 9.17) is 13.1 Å². The minimum absolute atomic E-state index is 0.0949. The topological polar surface area (TPSA) is 12.0 Å². The van der Waals surface area contributed by atoms with Crippen LogP contribution in [-0.2, 0) is 6.54 Å². The van der Waals surface area contributed by atoms with Crippen LogP contribution in [0.4, 0.5) is 5.69 Å². The second-order valence-corrected chi connectivity index (χ2v) is 5.27. The van der Waals surface area contributed by atoms with Crippen LogP contribution in [0.25, 0.3) is 15.8 Å². The molecule has 0 heterocycles. The molecule has 114 valence electrons. The van der Waals surface area contributed by atoms with E-state index < -0.39 is 0 Å². The molecule has 0 fully saturated rings. The van der Waals surface area contributed by atoms with Gasteiger partial charge in [-0.1, -0.05) is 36.4 Å². The highest BCUT2D eigenvalue weighted by atomic mass is 15.1. The van der Waals surface area contributed by atoms with Crippen molar-refractivity contribution in [2.45, 2.75) is 20.4 Å². The molecule has 0 saturated carbocycles. The molecule has 2 rings (SSSR count). The minimum Gasteiger partial charge on any atom is -0.367 e. The molecule has 3 nitrogen and oxygen atoms in total. The summed E-state index contributed by atoms with van der Waals surface area (Å²) in [7, 11) is 0. The van der Waals surface area contributed by atoms with Gasteiger partial charge in [0.15, 0.2) is 0 Å². The van der Waals surface area contributed by atoms with Crippen molar-refractivity contribution in [2.75, 3.05) is 11.4 Å². The van der Waals surface area contributed by atoms with Gasteiger partial charge in [-0.05, 0) is 42.7 Å². The Kier molecular flexibility index (Phi) is 5.56. The van der Waals surface area contributed by atoms with E-state index in [0.29, 0.717) is 0 Å². The van der Waals surface area contributed by atoms with E-state index in [-0.39, 0.29) is 5.82 Å². The summed E-state index contributed by atoms with van der Waals surface area (Å²) in [6, 6.07) is 16.5. The SMILES string of the molecule is [C-]#[N+]C(=Cc1ccc(N(CC)Cc2ccccc2)cc1C)[N+]#[C-]. The van der Waals surface area contributed by atoms with E-state index >= 15 is 0 Å². The Morgan fingerprint density at radius 3 is 2.35 bits per heavy atom. The number of rotatable bonds is 5. The largest absolute Gasteiger partial charge is 0.519 e. The first-order valence-corrected chi connectivity index (χ1v) is 7.54. The third-order valence-corrected chi connectivity index (χ3v) is 3.73. The summed E-state index contributed by atoms with van der Waals surface area (Å²) >= 11 is 0. The predicted molar refractivity (Wildman–Crippen MR) is 95.5 cm³/mol. The van der Waals surface area contributed by atoms with Gasteiger partial charge in [-0.25, -0.2) is 0 Å². The maximum absolute atomic E-state index is 6.98. The molecule has 0 amide bonds. The van der Waals surface area contributed by atoms with Crippen molar-refractivity contribution in [1.29, 1.82) is 0 Å². The molecule has 0 spiro atoms. The Morgan fingerprint density at radius 1 is 1.09 bits per heavy atom. The normalized spacial score (nSPS) is 9.57. The van der Waals surface area contributed by atoms with Crippen LogP contribution in [-0.4, -0.2) is 6.54 Å². The van der Waals surface area contributed by atoms with Crippen molar-refractivity contribution in [1.82, 2.24) is 0 Å². The molecule has 0 atom stereocenters. The van der Waals surface area contributed by atoms with E-state index in [0.717, 1.165) is 29.9 Å². The summed E-state index contributed by atoms with van der Waals surface area (Å²) in [6.45, 7) is 19.9. The highest BCUT2D eigenvalue weighted by molar-refractivity contribution is 5.63. The highest BCUT2D eigenvalue weighted by Gasteiger charge is 2.09. The van der Waals surface area contributed by atoms with Gasteiger partial charge in [0.1, 0.15) is 13.1 Å². The van der Waals surface area contributed by atoms with E-state index in [1.807, 2.05) is 19.1 Å². The van der Waals surface area contributed by atoms with Crippen molar-refractivity contribution in [3.8, 4) is 0 Å². The lowest BCUT2D eigenvalue weighted by Gasteiger charge is -2.24. The molecule has 2 aromatic carbocycles. The Morgan fingerprint density at radius 2 is 1.78 bits per heavy atom. The van der Waals surface area contributed by atoms with Crippen LogP contribution in [0.1, 0.15) is 23.6 Å². The zero-order valence-corrected chi connectivity index (χ0v) is 13.5. The number of anilines is 1. The molecule has 0 aliphatic heterocycles. The van der Waals surface area contributed by atoms with Crippen molar-refractivity contribution in [2.24, 2.45) is 0 Å². The average molecular weight is 301 g/mol. The fourth-order valence-corrected chi connectivity index (χ4v) is 2.44. The molecule has 0 aliphatic rings. The first-order chi connectivity index (χ1) is 11.2. The molecule has 0 bridgehead atoms. The van der Waals surface area contributed by atoms with Crippen LogP contribution in [0.15, 0.2) is 54.4 Å². The number of nitrogens with zero attached hydrogens (tertiary/aromatic N) is 3. The maximum Gasteiger partial charge on any atom is 0.519 e. The minimum atomic E-state index is 0.0949. The van der Waals surface area contributed by atoms with E-state index in [1.165, 1.54) is 5.56 Å².